The summed E-state index contributed by atoms with van der Waals surface area (Å²) in [6.07, 6.45) is 3.23. The molecule has 6 heteroatoms. The first-order valence-electron chi connectivity index (χ1n) is 6.93. The minimum absolute atomic E-state index is 0.112. The molecule has 1 saturated carbocycles. The van der Waals surface area contributed by atoms with Crippen LogP contribution < -0.4 is 11.3 Å². The number of hydrazine groups is 1. The number of aliphatic hydroxyl groups excluding tert-OH is 1. The summed E-state index contributed by atoms with van der Waals surface area (Å²) in [6, 6.07) is 3.25. The van der Waals surface area contributed by atoms with Gasteiger partial charge in [0.2, 0.25) is 0 Å². The fourth-order valence-electron chi connectivity index (χ4n) is 2.76. The molecule has 110 valence electrons. The average molecular weight is 278 g/mol. The summed E-state index contributed by atoms with van der Waals surface area (Å²) < 4.78 is 0. The number of carbonyl (C=O) groups excluding carboxylic acids is 1. The molecule has 1 heterocycles. The van der Waals surface area contributed by atoms with Gasteiger partial charge in [0.1, 0.15) is 5.82 Å². The highest BCUT2D eigenvalue weighted by molar-refractivity contribution is 5.95. The van der Waals surface area contributed by atoms with Crippen molar-refractivity contribution in [3.05, 3.63) is 23.4 Å². The summed E-state index contributed by atoms with van der Waals surface area (Å²) in [7, 11) is 1.74. The molecule has 0 spiro atoms. The number of aryl methyl sites for hydroxylation is 1. The Morgan fingerprint density at radius 2 is 2.15 bits per heavy atom. The van der Waals surface area contributed by atoms with Crippen LogP contribution in [0, 0.1) is 6.92 Å². The lowest BCUT2D eigenvalue weighted by atomic mass is 9.91. The van der Waals surface area contributed by atoms with E-state index in [1.165, 1.54) is 0 Å². The second-order valence-electron chi connectivity index (χ2n) is 5.36. The van der Waals surface area contributed by atoms with Gasteiger partial charge in [-0.05, 0) is 31.9 Å². The fourth-order valence-corrected chi connectivity index (χ4v) is 2.76. The SMILES string of the molecule is Cc1cc(C(=O)N(C)C2CCCCC2O)cc(NN)n1. The molecule has 2 rings (SSSR count). The lowest BCUT2D eigenvalue weighted by Crippen LogP contribution is -2.46. The van der Waals surface area contributed by atoms with Gasteiger partial charge >= 0.3 is 0 Å². The maximum absolute atomic E-state index is 12.5. The minimum Gasteiger partial charge on any atom is -0.391 e. The minimum atomic E-state index is -0.437. The predicted octanol–water partition coefficient (Wildman–Crippen LogP) is 1.05. The van der Waals surface area contributed by atoms with Crippen molar-refractivity contribution in [1.82, 2.24) is 9.88 Å². The molecule has 0 aliphatic heterocycles. The van der Waals surface area contributed by atoms with Gasteiger partial charge in [0, 0.05) is 18.3 Å². The number of nitrogens with one attached hydrogen (secondary N) is 1. The molecule has 0 radical (unpaired) electrons. The number of nitrogens with two attached hydrogens (primary N) is 1. The van der Waals surface area contributed by atoms with Gasteiger partial charge in [-0.1, -0.05) is 12.8 Å². The second kappa shape index (κ2) is 6.19. The number of pyridine rings is 1. The Kier molecular flexibility index (Phi) is 4.57. The summed E-state index contributed by atoms with van der Waals surface area (Å²) in [5.74, 6) is 5.70. The Bertz CT molecular complexity index is 492. The van der Waals surface area contributed by atoms with Crippen LogP contribution in [0.15, 0.2) is 12.1 Å². The third kappa shape index (κ3) is 3.08. The number of likely N-dealkylation sites (N-methyl/N-ethyl adjacent to an activating group) is 1. The molecule has 1 aliphatic carbocycles. The summed E-state index contributed by atoms with van der Waals surface area (Å²) in [5, 5.41) is 10.1. The van der Waals surface area contributed by atoms with E-state index in [2.05, 4.69) is 10.4 Å². The quantitative estimate of drug-likeness (QED) is 0.568. The van der Waals surface area contributed by atoms with Gasteiger partial charge in [0.05, 0.1) is 12.1 Å². The van der Waals surface area contributed by atoms with Crippen LogP contribution in [0.4, 0.5) is 5.82 Å². The number of anilines is 1. The van der Waals surface area contributed by atoms with Crippen molar-refractivity contribution in [1.29, 1.82) is 0 Å². The first-order valence-corrected chi connectivity index (χ1v) is 6.93. The topological polar surface area (TPSA) is 91.5 Å². The zero-order valence-electron chi connectivity index (χ0n) is 12.0. The van der Waals surface area contributed by atoms with E-state index in [-0.39, 0.29) is 11.9 Å². The lowest BCUT2D eigenvalue weighted by molar-refractivity contribution is 0.0268. The van der Waals surface area contributed by atoms with Crippen LogP contribution in [0.5, 0.6) is 0 Å². The highest BCUT2D eigenvalue weighted by atomic mass is 16.3. The Morgan fingerprint density at radius 1 is 1.45 bits per heavy atom. The molecule has 2 atom stereocenters. The highest BCUT2D eigenvalue weighted by Gasteiger charge is 2.30. The molecule has 0 saturated heterocycles. The third-order valence-electron chi connectivity index (χ3n) is 3.86. The van der Waals surface area contributed by atoms with Crippen molar-refractivity contribution in [2.75, 3.05) is 12.5 Å². The molecule has 1 aromatic heterocycles. The molecule has 6 nitrogen and oxygen atoms in total. The van der Waals surface area contributed by atoms with E-state index in [1.807, 2.05) is 6.92 Å². The van der Waals surface area contributed by atoms with Gasteiger partial charge in [-0.25, -0.2) is 10.8 Å². The van der Waals surface area contributed by atoms with Gasteiger partial charge < -0.3 is 15.4 Å². The highest BCUT2D eigenvalue weighted by Crippen LogP contribution is 2.24. The number of aromatic nitrogens is 1. The molecular formula is C14H22N4O2. The number of hydrogen-bond donors (Lipinski definition) is 3. The molecule has 4 N–H and O–H groups in total. The van der Waals surface area contributed by atoms with Crippen LogP contribution in [-0.4, -0.2) is 40.1 Å². The number of hydrogen-bond acceptors (Lipinski definition) is 5. The Hall–Kier alpha value is -1.66. The van der Waals surface area contributed by atoms with Crippen LogP contribution in [0.25, 0.3) is 0 Å². The summed E-state index contributed by atoms with van der Waals surface area (Å²) in [6.45, 7) is 1.81. The average Bonchev–Trinajstić information content (AvgIpc) is 2.45. The van der Waals surface area contributed by atoms with E-state index in [0.29, 0.717) is 11.4 Å². The Labute approximate surface area is 119 Å². The normalized spacial score (nSPS) is 22.4. The molecule has 2 unspecified atom stereocenters. The summed E-state index contributed by atoms with van der Waals surface area (Å²) >= 11 is 0. The van der Waals surface area contributed by atoms with Crippen molar-refractivity contribution in [2.45, 2.75) is 44.8 Å². The molecule has 1 aliphatic rings. The maximum atomic E-state index is 12.5. The number of rotatable bonds is 3. The van der Waals surface area contributed by atoms with Crippen molar-refractivity contribution < 1.29 is 9.90 Å². The van der Waals surface area contributed by atoms with Crippen LogP contribution in [0.2, 0.25) is 0 Å². The van der Waals surface area contributed by atoms with E-state index in [1.54, 1.807) is 24.1 Å². The van der Waals surface area contributed by atoms with E-state index in [9.17, 15) is 9.90 Å². The smallest absolute Gasteiger partial charge is 0.254 e. The van der Waals surface area contributed by atoms with Crippen molar-refractivity contribution in [3.63, 3.8) is 0 Å². The zero-order valence-corrected chi connectivity index (χ0v) is 12.0. The van der Waals surface area contributed by atoms with Crippen molar-refractivity contribution in [2.24, 2.45) is 5.84 Å². The third-order valence-corrected chi connectivity index (χ3v) is 3.86. The van der Waals surface area contributed by atoms with Gasteiger partial charge in [-0.2, -0.15) is 0 Å². The fraction of sp³-hybridized carbons (Fsp3) is 0.571. The van der Waals surface area contributed by atoms with E-state index >= 15 is 0 Å². The van der Waals surface area contributed by atoms with E-state index in [4.69, 9.17) is 5.84 Å². The Morgan fingerprint density at radius 3 is 2.80 bits per heavy atom. The monoisotopic (exact) mass is 278 g/mol. The molecule has 1 fully saturated rings. The van der Waals surface area contributed by atoms with Crippen LogP contribution in [-0.2, 0) is 0 Å². The summed E-state index contributed by atoms with van der Waals surface area (Å²) in [5.41, 5.74) is 3.72. The molecule has 1 amide bonds. The van der Waals surface area contributed by atoms with Gasteiger partial charge in [0.25, 0.3) is 5.91 Å². The standard InChI is InChI=1S/C14H22N4O2/c1-9-7-10(8-13(16-9)17-15)14(20)18(2)11-5-3-4-6-12(11)19/h7-8,11-12,19H,3-6,15H2,1-2H3,(H,16,17). The van der Waals surface area contributed by atoms with Gasteiger partial charge in [-0.15, -0.1) is 0 Å². The number of aliphatic hydroxyl groups is 1. The first kappa shape index (κ1) is 14.7. The molecule has 1 aromatic rings. The van der Waals surface area contributed by atoms with E-state index < -0.39 is 6.10 Å². The van der Waals surface area contributed by atoms with Gasteiger partial charge in [-0.3, -0.25) is 4.79 Å². The predicted molar refractivity (Wildman–Crippen MR) is 77.1 cm³/mol. The van der Waals surface area contributed by atoms with E-state index in [0.717, 1.165) is 31.4 Å². The van der Waals surface area contributed by atoms with Gasteiger partial charge in [0.15, 0.2) is 0 Å². The van der Waals surface area contributed by atoms with Crippen LogP contribution in [0.3, 0.4) is 0 Å². The molecule has 20 heavy (non-hydrogen) atoms. The number of nitrogen functional groups attached to an aromatic ring is 1. The number of nitrogens with zero attached hydrogens (tertiary/aromatic N) is 2. The zero-order chi connectivity index (χ0) is 14.7. The molecule has 0 bridgehead atoms. The van der Waals surface area contributed by atoms with Crippen molar-refractivity contribution in [3.8, 4) is 0 Å². The molecule has 0 aromatic carbocycles. The number of amides is 1. The lowest BCUT2D eigenvalue weighted by Gasteiger charge is -2.35. The maximum Gasteiger partial charge on any atom is 0.254 e. The first-order chi connectivity index (χ1) is 9.52. The Balaban J connectivity index is 2.19. The van der Waals surface area contributed by atoms with Crippen LogP contribution in [0.1, 0.15) is 41.7 Å². The summed E-state index contributed by atoms with van der Waals surface area (Å²) in [4.78, 5) is 18.3. The van der Waals surface area contributed by atoms with Crippen LogP contribution >= 0.6 is 0 Å². The molecular weight excluding hydrogens is 256 g/mol. The van der Waals surface area contributed by atoms with Crippen molar-refractivity contribution >= 4 is 11.7 Å². The second-order valence-corrected chi connectivity index (χ2v) is 5.36. The number of carbonyl (C=O) groups is 1. The largest absolute Gasteiger partial charge is 0.391 e.